The smallest absolute Gasteiger partial charge is 0.259 e. The number of rotatable bonds is 4. The molecule has 4 aromatic rings. The van der Waals surface area contributed by atoms with Crippen molar-refractivity contribution in [3.05, 3.63) is 94.7 Å². The SMILES string of the molecule is CN(C(=O)c1cc(-c2cc3c(cc2C(=O)N2CCc4ccccc4C2)OCO3)n2c1CCCC2)c1ccc(O)cc1. The molecule has 8 heteroatoms. The molecule has 3 aliphatic rings. The van der Waals surface area contributed by atoms with Crippen LogP contribution in [0.2, 0.25) is 0 Å². The molecule has 0 radical (unpaired) electrons. The fourth-order valence-corrected chi connectivity index (χ4v) is 6.23. The highest BCUT2D eigenvalue weighted by Crippen LogP contribution is 2.42. The van der Waals surface area contributed by atoms with Crippen molar-refractivity contribution >= 4 is 17.5 Å². The van der Waals surface area contributed by atoms with E-state index >= 15 is 0 Å². The molecule has 2 amide bonds. The summed E-state index contributed by atoms with van der Waals surface area (Å²) in [4.78, 5) is 31.5. The summed E-state index contributed by atoms with van der Waals surface area (Å²) in [5, 5.41) is 9.70. The van der Waals surface area contributed by atoms with Gasteiger partial charge < -0.3 is 28.9 Å². The summed E-state index contributed by atoms with van der Waals surface area (Å²) in [6.07, 6.45) is 3.57. The van der Waals surface area contributed by atoms with E-state index in [0.29, 0.717) is 41.4 Å². The molecule has 0 atom stereocenters. The Kier molecular flexibility index (Phi) is 6.18. The second-order valence-corrected chi connectivity index (χ2v) is 10.9. The van der Waals surface area contributed by atoms with Crippen LogP contribution < -0.4 is 14.4 Å². The van der Waals surface area contributed by atoms with Gasteiger partial charge in [0.2, 0.25) is 6.79 Å². The van der Waals surface area contributed by atoms with E-state index in [1.165, 1.54) is 11.1 Å². The molecule has 0 fully saturated rings. The molecular formula is C33H31N3O5. The zero-order valence-electron chi connectivity index (χ0n) is 22.9. The van der Waals surface area contributed by atoms with Crippen molar-refractivity contribution in [2.75, 3.05) is 25.3 Å². The van der Waals surface area contributed by atoms with E-state index in [2.05, 4.69) is 16.7 Å². The Bertz CT molecular complexity index is 1670. The fourth-order valence-electron chi connectivity index (χ4n) is 6.23. The first-order valence-electron chi connectivity index (χ1n) is 14.1. The van der Waals surface area contributed by atoms with Crippen LogP contribution in [0.1, 0.15) is 50.4 Å². The molecular weight excluding hydrogens is 518 g/mol. The molecule has 0 saturated heterocycles. The van der Waals surface area contributed by atoms with Crippen molar-refractivity contribution in [3.8, 4) is 28.5 Å². The molecule has 208 valence electrons. The van der Waals surface area contributed by atoms with Gasteiger partial charge >= 0.3 is 0 Å². The lowest BCUT2D eigenvalue weighted by Crippen LogP contribution is -2.36. The largest absolute Gasteiger partial charge is 0.508 e. The summed E-state index contributed by atoms with van der Waals surface area (Å²) in [6, 6.07) is 20.5. The van der Waals surface area contributed by atoms with Gasteiger partial charge in [0.05, 0.1) is 11.1 Å². The predicted molar refractivity (Wildman–Crippen MR) is 155 cm³/mol. The molecule has 0 spiro atoms. The van der Waals surface area contributed by atoms with Gasteiger partial charge in [-0.1, -0.05) is 24.3 Å². The summed E-state index contributed by atoms with van der Waals surface area (Å²) in [5.74, 6) is 1.11. The summed E-state index contributed by atoms with van der Waals surface area (Å²) in [7, 11) is 1.74. The number of carbonyl (C=O) groups excluding carboxylic acids is 2. The van der Waals surface area contributed by atoms with Gasteiger partial charge in [-0.25, -0.2) is 0 Å². The summed E-state index contributed by atoms with van der Waals surface area (Å²) in [5.41, 5.74) is 6.86. The summed E-state index contributed by atoms with van der Waals surface area (Å²) in [6.45, 7) is 2.06. The minimum atomic E-state index is -0.131. The van der Waals surface area contributed by atoms with Gasteiger partial charge in [-0.3, -0.25) is 9.59 Å². The lowest BCUT2D eigenvalue weighted by Gasteiger charge is -2.30. The molecule has 1 N–H and O–H groups in total. The molecule has 0 aliphatic carbocycles. The third-order valence-electron chi connectivity index (χ3n) is 8.46. The van der Waals surface area contributed by atoms with Gasteiger partial charge in [0.1, 0.15) is 5.75 Å². The Labute approximate surface area is 238 Å². The Morgan fingerprint density at radius 1 is 0.854 bits per heavy atom. The van der Waals surface area contributed by atoms with Crippen molar-refractivity contribution < 1.29 is 24.2 Å². The molecule has 0 unspecified atom stereocenters. The second-order valence-electron chi connectivity index (χ2n) is 10.9. The highest BCUT2D eigenvalue weighted by molar-refractivity contribution is 6.08. The molecule has 8 nitrogen and oxygen atoms in total. The molecule has 7 rings (SSSR count). The van der Waals surface area contributed by atoms with E-state index in [4.69, 9.17) is 9.47 Å². The zero-order chi connectivity index (χ0) is 28.1. The van der Waals surface area contributed by atoms with Crippen molar-refractivity contribution in [1.29, 1.82) is 0 Å². The number of carbonyl (C=O) groups is 2. The number of hydrogen-bond acceptors (Lipinski definition) is 5. The molecule has 0 bridgehead atoms. The normalized spacial score (nSPS) is 15.3. The molecule has 0 saturated carbocycles. The number of ether oxygens (including phenoxy) is 2. The van der Waals surface area contributed by atoms with E-state index < -0.39 is 0 Å². The van der Waals surface area contributed by atoms with Crippen LogP contribution in [0.5, 0.6) is 17.2 Å². The van der Waals surface area contributed by atoms with Gasteiger partial charge in [-0.05, 0) is 79.3 Å². The minimum absolute atomic E-state index is 0.0618. The molecule has 3 aliphatic heterocycles. The molecule has 3 aromatic carbocycles. The van der Waals surface area contributed by atoms with E-state index in [0.717, 1.165) is 49.2 Å². The maximum atomic E-state index is 14.2. The van der Waals surface area contributed by atoms with E-state index in [1.807, 2.05) is 29.2 Å². The number of amides is 2. The highest BCUT2D eigenvalue weighted by atomic mass is 16.7. The van der Waals surface area contributed by atoms with Crippen molar-refractivity contribution in [2.45, 2.75) is 38.8 Å². The maximum absolute atomic E-state index is 14.2. The van der Waals surface area contributed by atoms with Gasteiger partial charge in [0, 0.05) is 49.3 Å². The standard InChI is InChI=1S/C33H31N3O5/c1-34(23-9-11-24(37)12-10-23)32(38)27-16-29(36-14-5-4-8-28(27)36)25-17-30-31(41-20-40-30)18-26(25)33(39)35-15-13-21-6-2-3-7-22(21)19-35/h2-3,6-7,9-12,16-18,37H,4-5,8,13-15,19-20H2,1H3. The van der Waals surface area contributed by atoms with Crippen molar-refractivity contribution in [2.24, 2.45) is 0 Å². The zero-order valence-corrected chi connectivity index (χ0v) is 22.9. The van der Waals surface area contributed by atoms with Crippen molar-refractivity contribution in [1.82, 2.24) is 9.47 Å². The first-order valence-corrected chi connectivity index (χ1v) is 14.1. The van der Waals surface area contributed by atoms with E-state index in [-0.39, 0.29) is 24.4 Å². The fraction of sp³-hybridized carbons (Fsp3) is 0.273. The number of nitrogens with zero attached hydrogens (tertiary/aromatic N) is 3. The van der Waals surface area contributed by atoms with Gasteiger partial charge in [0.15, 0.2) is 11.5 Å². The number of fused-ring (bicyclic) bond motifs is 3. The number of phenols is 1. The third kappa shape index (κ3) is 4.40. The topological polar surface area (TPSA) is 84.2 Å². The Morgan fingerprint density at radius 2 is 1.61 bits per heavy atom. The number of benzene rings is 3. The van der Waals surface area contributed by atoms with E-state index in [9.17, 15) is 14.7 Å². The summed E-state index contributed by atoms with van der Waals surface area (Å²) < 4.78 is 13.6. The average Bonchev–Trinajstić information content (AvgIpc) is 3.64. The van der Waals surface area contributed by atoms with Crippen LogP contribution >= 0.6 is 0 Å². The first-order chi connectivity index (χ1) is 20.0. The van der Waals surface area contributed by atoms with Crippen LogP contribution in [0.25, 0.3) is 11.3 Å². The number of anilines is 1. The first kappa shape index (κ1) is 25.3. The van der Waals surface area contributed by atoms with Crippen LogP contribution in [0, 0.1) is 0 Å². The van der Waals surface area contributed by atoms with Gasteiger partial charge in [-0.15, -0.1) is 0 Å². The lowest BCUT2D eigenvalue weighted by molar-refractivity contribution is 0.0735. The van der Waals surface area contributed by atoms with Gasteiger partial charge in [0.25, 0.3) is 11.8 Å². The second kappa shape index (κ2) is 10.0. The Hall–Kier alpha value is -4.72. The van der Waals surface area contributed by atoms with Crippen LogP contribution in [0.15, 0.2) is 66.7 Å². The predicted octanol–water partition coefficient (Wildman–Crippen LogP) is 5.40. The molecule has 41 heavy (non-hydrogen) atoms. The quantitative estimate of drug-likeness (QED) is 0.369. The molecule has 4 heterocycles. The van der Waals surface area contributed by atoms with Crippen LogP contribution in [0.3, 0.4) is 0 Å². The van der Waals surface area contributed by atoms with E-state index in [1.54, 1.807) is 42.3 Å². The number of aromatic nitrogens is 1. The maximum Gasteiger partial charge on any atom is 0.259 e. The van der Waals surface area contributed by atoms with Gasteiger partial charge in [-0.2, -0.15) is 0 Å². The van der Waals surface area contributed by atoms with Crippen molar-refractivity contribution in [3.63, 3.8) is 0 Å². The minimum Gasteiger partial charge on any atom is -0.508 e. The monoisotopic (exact) mass is 549 g/mol. The van der Waals surface area contributed by atoms with Crippen LogP contribution in [-0.4, -0.2) is 46.8 Å². The number of phenolic OH excluding ortho intramolecular Hbond substituents is 1. The average molecular weight is 550 g/mol. The number of hydrogen-bond donors (Lipinski definition) is 1. The highest BCUT2D eigenvalue weighted by Gasteiger charge is 2.31. The Balaban J connectivity index is 1.31. The molecule has 1 aromatic heterocycles. The van der Waals surface area contributed by atoms with Crippen LogP contribution in [-0.2, 0) is 25.9 Å². The van der Waals surface area contributed by atoms with Crippen LogP contribution in [0.4, 0.5) is 5.69 Å². The third-order valence-corrected chi connectivity index (χ3v) is 8.46. The lowest BCUT2D eigenvalue weighted by atomic mass is 9.97. The summed E-state index contributed by atoms with van der Waals surface area (Å²) >= 11 is 0. The number of aromatic hydroxyl groups is 1. The Morgan fingerprint density at radius 3 is 2.41 bits per heavy atom.